The molecule has 0 saturated carbocycles. The smallest absolute Gasteiger partial charge is 0.414 e. The number of morpholine rings is 1. The molecule has 2 aromatic rings. The van der Waals surface area contributed by atoms with Crippen LogP contribution in [0.25, 0.3) is 11.1 Å². The third kappa shape index (κ3) is 8.33. The van der Waals surface area contributed by atoms with Gasteiger partial charge in [-0.05, 0) is 38.5 Å². The van der Waals surface area contributed by atoms with Crippen LogP contribution in [0, 0.1) is 0 Å². The lowest BCUT2D eigenvalue weighted by molar-refractivity contribution is -0.159. The van der Waals surface area contributed by atoms with Crippen LogP contribution in [0.5, 0.6) is 5.75 Å². The van der Waals surface area contributed by atoms with Crippen LogP contribution in [-0.2, 0) is 23.9 Å². The fraction of sp³-hybridized carbons (Fsp3) is 0.417. The number of thiophene rings is 1. The van der Waals surface area contributed by atoms with Crippen molar-refractivity contribution >= 4 is 40.2 Å². The number of carbonyl (C=O) groups excluding carboxylic acids is 2. The molecule has 196 valence electrons. The molecule has 11 nitrogen and oxygen atoms in total. The molecule has 0 radical (unpaired) electrons. The number of aliphatic carboxylic acids is 2. The van der Waals surface area contributed by atoms with Crippen LogP contribution in [-0.4, -0.2) is 84.5 Å². The first-order chi connectivity index (χ1) is 17.0. The van der Waals surface area contributed by atoms with E-state index < -0.39 is 17.9 Å². The van der Waals surface area contributed by atoms with Gasteiger partial charge in [-0.1, -0.05) is 12.1 Å². The van der Waals surface area contributed by atoms with Gasteiger partial charge < -0.3 is 29.7 Å². The summed E-state index contributed by atoms with van der Waals surface area (Å²) in [6.45, 7) is 7.66. The number of amides is 1. The van der Waals surface area contributed by atoms with Gasteiger partial charge in [-0.3, -0.25) is 9.69 Å². The number of benzene rings is 1. The Morgan fingerprint density at radius 1 is 1.08 bits per heavy atom. The normalized spacial score (nSPS) is 17.3. The lowest BCUT2D eigenvalue weighted by Crippen LogP contribution is -2.48. The van der Waals surface area contributed by atoms with Crippen molar-refractivity contribution in [3.8, 4) is 16.9 Å². The first-order valence-corrected chi connectivity index (χ1v) is 12.0. The molecule has 1 aromatic heterocycles. The fourth-order valence-electron chi connectivity index (χ4n) is 3.62. The first kappa shape index (κ1) is 28.8. The number of carboxylic acid groups (broad SMARTS) is 2. The van der Waals surface area contributed by atoms with Crippen molar-refractivity contribution in [2.75, 3.05) is 38.7 Å². The quantitative estimate of drug-likeness (QED) is 0.366. The van der Waals surface area contributed by atoms with Crippen molar-refractivity contribution in [1.29, 1.82) is 0 Å². The Bertz CT molecular complexity index is 1050. The minimum Gasteiger partial charge on any atom is -0.497 e. The molecule has 12 heteroatoms. The second kappa shape index (κ2) is 13.6. The topological polar surface area (TPSA) is 152 Å². The Morgan fingerprint density at radius 3 is 2.17 bits per heavy atom. The van der Waals surface area contributed by atoms with Crippen LogP contribution >= 0.6 is 11.3 Å². The molecule has 0 bridgehead atoms. The number of rotatable bonds is 7. The molecule has 0 aliphatic carbocycles. The molecule has 1 fully saturated rings. The molecule has 2 heterocycles. The molecule has 1 aromatic carbocycles. The highest BCUT2D eigenvalue weighted by molar-refractivity contribution is 7.15. The average Bonchev–Trinajstić information content (AvgIpc) is 3.22. The predicted octanol–water partition coefficient (Wildman–Crippen LogP) is 2.80. The van der Waals surface area contributed by atoms with Gasteiger partial charge in [0.1, 0.15) is 16.3 Å². The van der Waals surface area contributed by atoms with E-state index in [1.807, 2.05) is 43.5 Å². The molecular weight excluding hydrogens is 492 g/mol. The van der Waals surface area contributed by atoms with E-state index >= 15 is 0 Å². The van der Waals surface area contributed by atoms with Crippen LogP contribution in [0.15, 0.2) is 29.6 Å². The van der Waals surface area contributed by atoms with Gasteiger partial charge in [0.2, 0.25) is 5.91 Å². The van der Waals surface area contributed by atoms with Gasteiger partial charge in [0.25, 0.3) is 0 Å². The van der Waals surface area contributed by atoms with Gasteiger partial charge in [0.05, 0.1) is 32.5 Å². The van der Waals surface area contributed by atoms with E-state index in [2.05, 4.69) is 10.2 Å². The lowest BCUT2D eigenvalue weighted by Gasteiger charge is -2.34. The highest BCUT2D eigenvalue weighted by Crippen LogP contribution is 2.37. The number of anilines is 1. The number of carboxylic acids is 2. The molecule has 1 saturated heterocycles. The van der Waals surface area contributed by atoms with Crippen molar-refractivity contribution in [3.63, 3.8) is 0 Å². The zero-order valence-electron chi connectivity index (χ0n) is 20.5. The summed E-state index contributed by atoms with van der Waals surface area (Å²) < 4.78 is 16.2. The summed E-state index contributed by atoms with van der Waals surface area (Å²) in [5.41, 5.74) is 1.96. The Kier molecular flexibility index (Phi) is 10.8. The number of ether oxygens (including phenoxy) is 3. The molecule has 2 atom stereocenters. The fourth-order valence-corrected chi connectivity index (χ4v) is 4.60. The van der Waals surface area contributed by atoms with Gasteiger partial charge in [0, 0.05) is 24.0 Å². The second-order valence-electron chi connectivity index (χ2n) is 7.91. The Balaban J connectivity index is 0.000000678. The predicted molar refractivity (Wildman–Crippen MR) is 133 cm³/mol. The van der Waals surface area contributed by atoms with Gasteiger partial charge >= 0.3 is 17.9 Å². The summed E-state index contributed by atoms with van der Waals surface area (Å²) in [7, 11) is 1.60. The van der Waals surface area contributed by atoms with E-state index in [9.17, 15) is 9.59 Å². The van der Waals surface area contributed by atoms with Crippen molar-refractivity contribution in [1.82, 2.24) is 4.90 Å². The van der Waals surface area contributed by atoms with Crippen LogP contribution in [0.3, 0.4) is 0 Å². The Hall–Kier alpha value is -3.48. The SMILES string of the molecule is CCOC(=O)c1c(-c2ccc(OC)cc2)csc1NC(=O)CN1CC(C)OC(C)C1.O=C(O)C(=O)O. The van der Waals surface area contributed by atoms with Crippen LogP contribution < -0.4 is 10.1 Å². The van der Waals surface area contributed by atoms with E-state index in [1.54, 1.807) is 14.0 Å². The summed E-state index contributed by atoms with van der Waals surface area (Å²) in [6, 6.07) is 7.43. The molecule has 0 spiro atoms. The lowest BCUT2D eigenvalue weighted by atomic mass is 10.0. The molecule has 2 unspecified atom stereocenters. The summed E-state index contributed by atoms with van der Waals surface area (Å²) in [6.07, 6.45) is 0.167. The molecule has 3 rings (SSSR count). The van der Waals surface area contributed by atoms with Gasteiger partial charge in [-0.2, -0.15) is 0 Å². The van der Waals surface area contributed by atoms with E-state index in [0.717, 1.165) is 16.9 Å². The summed E-state index contributed by atoms with van der Waals surface area (Å²) >= 11 is 1.32. The maximum Gasteiger partial charge on any atom is 0.414 e. The van der Waals surface area contributed by atoms with Crippen molar-refractivity contribution in [3.05, 3.63) is 35.2 Å². The minimum atomic E-state index is -1.82. The molecule has 1 aliphatic heterocycles. The zero-order chi connectivity index (χ0) is 26.8. The van der Waals surface area contributed by atoms with Crippen LogP contribution in [0.2, 0.25) is 0 Å². The summed E-state index contributed by atoms with van der Waals surface area (Å²) in [5, 5.41) is 20.1. The Morgan fingerprint density at radius 2 is 1.67 bits per heavy atom. The van der Waals surface area contributed by atoms with Crippen molar-refractivity contribution < 1.29 is 43.6 Å². The van der Waals surface area contributed by atoms with Gasteiger partial charge in [0.15, 0.2) is 0 Å². The number of nitrogens with one attached hydrogen (secondary N) is 1. The van der Waals surface area contributed by atoms with Crippen LogP contribution in [0.1, 0.15) is 31.1 Å². The summed E-state index contributed by atoms with van der Waals surface area (Å²) in [4.78, 5) is 45.6. The highest BCUT2D eigenvalue weighted by Gasteiger charge is 2.26. The van der Waals surface area contributed by atoms with E-state index in [1.165, 1.54) is 11.3 Å². The number of hydrogen-bond acceptors (Lipinski definition) is 9. The molecule has 3 N–H and O–H groups in total. The van der Waals surface area contributed by atoms with Crippen molar-refractivity contribution in [2.45, 2.75) is 33.0 Å². The zero-order valence-corrected chi connectivity index (χ0v) is 21.3. The van der Waals surface area contributed by atoms with Crippen LogP contribution in [0.4, 0.5) is 5.00 Å². The molecule has 1 amide bonds. The monoisotopic (exact) mass is 522 g/mol. The number of carbonyl (C=O) groups is 4. The number of esters is 1. The maximum absolute atomic E-state index is 12.7. The average molecular weight is 523 g/mol. The number of hydrogen-bond donors (Lipinski definition) is 3. The summed E-state index contributed by atoms with van der Waals surface area (Å²) in [5.74, 6) is -3.53. The van der Waals surface area contributed by atoms with Crippen molar-refractivity contribution in [2.24, 2.45) is 0 Å². The number of methoxy groups -OCH3 is 1. The molecule has 36 heavy (non-hydrogen) atoms. The van der Waals surface area contributed by atoms with E-state index in [4.69, 9.17) is 34.0 Å². The van der Waals surface area contributed by atoms with E-state index in [-0.39, 0.29) is 31.3 Å². The van der Waals surface area contributed by atoms with Gasteiger partial charge in [-0.25, -0.2) is 14.4 Å². The molecule has 1 aliphatic rings. The molecular formula is C24H30N2O9S. The second-order valence-corrected chi connectivity index (χ2v) is 8.79. The van der Waals surface area contributed by atoms with Gasteiger partial charge in [-0.15, -0.1) is 11.3 Å². The highest BCUT2D eigenvalue weighted by atomic mass is 32.1. The Labute approximate surface area is 212 Å². The third-order valence-corrected chi connectivity index (χ3v) is 5.87. The largest absolute Gasteiger partial charge is 0.497 e. The van der Waals surface area contributed by atoms with E-state index in [0.29, 0.717) is 23.7 Å². The number of nitrogens with zero attached hydrogens (tertiary/aromatic N) is 1. The first-order valence-electron chi connectivity index (χ1n) is 11.1. The minimum absolute atomic E-state index is 0.0834. The third-order valence-electron chi connectivity index (χ3n) is 4.97. The standard InChI is InChI=1S/C22H28N2O5S.C2H2O4/c1-5-28-22(26)20-18(16-6-8-17(27-4)9-7-16)13-30-21(20)23-19(25)12-24-10-14(2)29-15(3)11-24;3-1(4)2(5)6/h6-9,13-15H,5,10-12H2,1-4H3,(H,23,25);(H,3,4)(H,5,6). The maximum atomic E-state index is 12.7.